The summed E-state index contributed by atoms with van der Waals surface area (Å²) in [5, 5.41) is 9.05. The molecule has 110 valence electrons. The van der Waals surface area contributed by atoms with Crippen molar-refractivity contribution in [3.05, 3.63) is 28.8 Å². The van der Waals surface area contributed by atoms with Crippen LogP contribution in [-0.2, 0) is 16.1 Å². The van der Waals surface area contributed by atoms with Gasteiger partial charge in [0.2, 0.25) is 0 Å². The summed E-state index contributed by atoms with van der Waals surface area (Å²) < 4.78 is 32.6. The van der Waals surface area contributed by atoms with Crippen LogP contribution in [-0.4, -0.2) is 18.2 Å². The second kappa shape index (κ2) is 4.72. The number of halogens is 2. The number of benzene rings is 1. The average Bonchev–Trinajstić information content (AvgIpc) is 3.06. The van der Waals surface area contributed by atoms with Crippen LogP contribution in [0.1, 0.15) is 42.9 Å². The summed E-state index contributed by atoms with van der Waals surface area (Å²) in [4.78, 5) is 11.0. The molecule has 0 amide bonds. The molecule has 1 aromatic rings. The molecule has 20 heavy (non-hydrogen) atoms. The fourth-order valence-electron chi connectivity index (χ4n) is 2.85. The molecule has 1 aliphatic rings. The molecule has 3 nitrogen and oxygen atoms in total. The molecule has 0 bridgehead atoms. The van der Waals surface area contributed by atoms with Gasteiger partial charge in [-0.05, 0) is 31.4 Å². The Morgan fingerprint density at radius 2 is 2.05 bits per heavy atom. The van der Waals surface area contributed by atoms with Gasteiger partial charge in [0.1, 0.15) is 5.75 Å². The van der Waals surface area contributed by atoms with Crippen molar-refractivity contribution in [3.63, 3.8) is 0 Å². The van der Waals surface area contributed by atoms with Crippen molar-refractivity contribution in [2.24, 2.45) is 0 Å². The Balaban J connectivity index is 2.61. The number of rotatable bonds is 5. The minimum atomic E-state index is -3.02. The van der Waals surface area contributed by atoms with Crippen LogP contribution in [0.2, 0.25) is 0 Å². The maximum atomic E-state index is 13.7. The number of alkyl halides is 2. The Morgan fingerprint density at radius 1 is 1.45 bits per heavy atom. The fourth-order valence-corrected chi connectivity index (χ4v) is 2.85. The minimum absolute atomic E-state index is 0.0526. The number of carboxylic acid groups (broad SMARTS) is 1. The van der Waals surface area contributed by atoms with E-state index < -0.39 is 17.3 Å². The molecule has 0 heterocycles. The first kappa shape index (κ1) is 14.8. The van der Waals surface area contributed by atoms with Crippen molar-refractivity contribution in [3.8, 4) is 5.75 Å². The lowest BCUT2D eigenvalue weighted by Crippen LogP contribution is -2.19. The normalized spacial score (nSPS) is 16.9. The molecule has 0 atom stereocenters. The highest BCUT2D eigenvalue weighted by molar-refractivity contribution is 5.71. The summed E-state index contributed by atoms with van der Waals surface area (Å²) in [6.07, 6.45) is 1.33. The average molecular weight is 284 g/mol. The van der Waals surface area contributed by atoms with E-state index in [0.29, 0.717) is 18.4 Å². The van der Waals surface area contributed by atoms with Gasteiger partial charge in [-0.15, -0.1) is 0 Å². The molecule has 1 N–H and O–H groups in total. The van der Waals surface area contributed by atoms with Crippen molar-refractivity contribution < 1.29 is 23.4 Å². The van der Waals surface area contributed by atoms with Gasteiger partial charge >= 0.3 is 5.97 Å². The lowest BCUT2D eigenvalue weighted by Gasteiger charge is -2.24. The van der Waals surface area contributed by atoms with E-state index >= 15 is 0 Å². The highest BCUT2D eigenvalue weighted by atomic mass is 19.3. The monoisotopic (exact) mass is 284 g/mol. The molecule has 1 aliphatic carbocycles. The van der Waals surface area contributed by atoms with Crippen LogP contribution in [0.25, 0.3) is 0 Å². The molecule has 1 aromatic carbocycles. The molecule has 1 fully saturated rings. The number of hydrogen-bond donors (Lipinski definition) is 1. The second-order valence-electron chi connectivity index (χ2n) is 5.58. The third-order valence-electron chi connectivity index (χ3n) is 3.92. The van der Waals surface area contributed by atoms with E-state index in [0.717, 1.165) is 12.5 Å². The lowest BCUT2D eigenvalue weighted by atomic mass is 9.85. The highest BCUT2D eigenvalue weighted by Crippen LogP contribution is 2.56. The standard InChI is InChI=1S/C15H18F2O3/c1-9-4-5-10(14(2,16)17)13(20-3)12(9)15(6-7-15)8-11(18)19/h4-5H,6-8H2,1-3H3,(H,18,19). The van der Waals surface area contributed by atoms with Gasteiger partial charge in [-0.1, -0.05) is 6.07 Å². The molecule has 0 spiro atoms. The third-order valence-corrected chi connectivity index (χ3v) is 3.92. The van der Waals surface area contributed by atoms with E-state index in [2.05, 4.69) is 0 Å². The molecule has 0 aliphatic heterocycles. The maximum absolute atomic E-state index is 13.7. The molecular weight excluding hydrogens is 266 g/mol. The van der Waals surface area contributed by atoms with Crippen molar-refractivity contribution in [2.75, 3.05) is 7.11 Å². The first-order valence-electron chi connectivity index (χ1n) is 6.49. The molecule has 2 rings (SSSR count). The van der Waals surface area contributed by atoms with Gasteiger partial charge in [0.05, 0.1) is 19.1 Å². The molecule has 1 saturated carbocycles. The first-order chi connectivity index (χ1) is 9.21. The van der Waals surface area contributed by atoms with E-state index in [1.807, 2.05) is 0 Å². The van der Waals surface area contributed by atoms with Crippen molar-refractivity contribution >= 4 is 5.97 Å². The van der Waals surface area contributed by atoms with Gasteiger partial charge in [-0.25, -0.2) is 8.78 Å². The van der Waals surface area contributed by atoms with Crippen LogP contribution in [0.5, 0.6) is 5.75 Å². The summed E-state index contributed by atoms with van der Waals surface area (Å²) >= 11 is 0. The zero-order chi connectivity index (χ0) is 15.1. The molecule has 0 unspecified atom stereocenters. The molecule has 0 aromatic heterocycles. The third kappa shape index (κ3) is 2.49. The van der Waals surface area contributed by atoms with Crippen LogP contribution >= 0.6 is 0 Å². The number of hydrogen-bond acceptors (Lipinski definition) is 2. The quantitative estimate of drug-likeness (QED) is 0.898. The Kier molecular flexibility index (Phi) is 3.48. The van der Waals surface area contributed by atoms with Crippen LogP contribution < -0.4 is 4.74 Å². The van der Waals surface area contributed by atoms with Gasteiger partial charge in [0, 0.05) is 17.9 Å². The number of aryl methyl sites for hydroxylation is 1. The topological polar surface area (TPSA) is 46.5 Å². The SMILES string of the molecule is COc1c(C(C)(F)F)ccc(C)c1C1(CC(=O)O)CC1. The summed E-state index contributed by atoms with van der Waals surface area (Å²) in [6, 6.07) is 2.97. The Bertz CT molecular complexity index is 543. The Morgan fingerprint density at radius 3 is 2.45 bits per heavy atom. The van der Waals surface area contributed by atoms with Gasteiger partial charge in [0.25, 0.3) is 5.92 Å². The molecule has 5 heteroatoms. The molecule has 0 saturated heterocycles. The predicted octanol–water partition coefficient (Wildman–Crippen LogP) is 3.62. The number of carboxylic acids is 1. The number of ether oxygens (including phenoxy) is 1. The first-order valence-corrected chi connectivity index (χ1v) is 6.49. The largest absolute Gasteiger partial charge is 0.496 e. The zero-order valence-corrected chi connectivity index (χ0v) is 11.8. The molecular formula is C15H18F2O3. The van der Waals surface area contributed by atoms with Gasteiger partial charge in [0.15, 0.2) is 0 Å². The summed E-state index contributed by atoms with van der Waals surface area (Å²) in [5.74, 6) is -3.80. The summed E-state index contributed by atoms with van der Waals surface area (Å²) in [7, 11) is 1.35. The van der Waals surface area contributed by atoms with E-state index in [-0.39, 0.29) is 17.7 Å². The molecule has 0 radical (unpaired) electrons. The van der Waals surface area contributed by atoms with Crippen LogP contribution in [0.15, 0.2) is 12.1 Å². The van der Waals surface area contributed by atoms with Crippen LogP contribution in [0, 0.1) is 6.92 Å². The number of aliphatic carboxylic acids is 1. The van der Waals surface area contributed by atoms with Gasteiger partial charge in [-0.2, -0.15) is 0 Å². The fraction of sp³-hybridized carbons (Fsp3) is 0.533. The van der Waals surface area contributed by atoms with Gasteiger partial charge < -0.3 is 9.84 Å². The van der Waals surface area contributed by atoms with E-state index in [4.69, 9.17) is 9.84 Å². The van der Waals surface area contributed by atoms with Crippen molar-refractivity contribution in [1.82, 2.24) is 0 Å². The van der Waals surface area contributed by atoms with E-state index in [1.165, 1.54) is 13.2 Å². The second-order valence-corrected chi connectivity index (χ2v) is 5.58. The maximum Gasteiger partial charge on any atom is 0.304 e. The van der Waals surface area contributed by atoms with Crippen molar-refractivity contribution in [1.29, 1.82) is 0 Å². The smallest absolute Gasteiger partial charge is 0.304 e. The highest BCUT2D eigenvalue weighted by Gasteiger charge is 2.49. The number of methoxy groups -OCH3 is 1. The van der Waals surface area contributed by atoms with Crippen LogP contribution in [0.4, 0.5) is 8.78 Å². The van der Waals surface area contributed by atoms with Crippen LogP contribution in [0.3, 0.4) is 0 Å². The zero-order valence-electron chi connectivity index (χ0n) is 11.8. The lowest BCUT2D eigenvalue weighted by molar-refractivity contribution is -0.137. The Labute approximate surface area is 116 Å². The van der Waals surface area contributed by atoms with E-state index in [9.17, 15) is 13.6 Å². The predicted molar refractivity (Wildman–Crippen MR) is 70.5 cm³/mol. The van der Waals surface area contributed by atoms with E-state index in [1.54, 1.807) is 13.0 Å². The Hall–Kier alpha value is -1.65. The van der Waals surface area contributed by atoms with Crippen molar-refractivity contribution in [2.45, 2.75) is 44.4 Å². The van der Waals surface area contributed by atoms with Gasteiger partial charge in [-0.3, -0.25) is 4.79 Å². The minimum Gasteiger partial charge on any atom is -0.496 e. The number of carbonyl (C=O) groups is 1. The summed E-state index contributed by atoms with van der Waals surface area (Å²) in [6.45, 7) is 2.62. The summed E-state index contributed by atoms with van der Waals surface area (Å²) in [5.41, 5.74) is 0.690.